The number of nitrogens with zero attached hydrogens (tertiary/aromatic N) is 5. The molecule has 1 saturated heterocycles. The van der Waals surface area contributed by atoms with E-state index in [-0.39, 0.29) is 23.7 Å². The van der Waals surface area contributed by atoms with E-state index >= 15 is 0 Å². The van der Waals surface area contributed by atoms with Crippen molar-refractivity contribution < 1.29 is 9.59 Å². The largest absolute Gasteiger partial charge is 0.355 e. The van der Waals surface area contributed by atoms with Crippen molar-refractivity contribution in [2.24, 2.45) is 5.92 Å². The van der Waals surface area contributed by atoms with Gasteiger partial charge in [-0.2, -0.15) is 0 Å². The fraction of sp³-hybridized carbons (Fsp3) is 0.321. The number of fused-ring (bicyclic) bond motifs is 2. The van der Waals surface area contributed by atoms with Crippen LogP contribution in [0.2, 0.25) is 0 Å². The number of anilines is 1. The standard InChI is InChI=1S/C28H29N7O2/c36-27(20-10-12-34(13-11-20)26-24-25(31-17-30-24)32-18-33-26)29-14-22(19-6-2-1-3-7-19)16-35-15-21-8-4-5-9-23(21)28(35)37/h1-9,17-18,20,22H,10-16H2,(H,29,36)(H,30,31,32,33)/t22-/m0/s1. The first-order chi connectivity index (χ1) is 18.2. The van der Waals surface area contributed by atoms with Crippen LogP contribution in [0.5, 0.6) is 0 Å². The fourth-order valence-electron chi connectivity index (χ4n) is 5.45. The number of carbonyl (C=O) groups excluding carboxylic acids is 2. The summed E-state index contributed by atoms with van der Waals surface area (Å²) in [6, 6.07) is 17.9. The van der Waals surface area contributed by atoms with Crippen molar-refractivity contribution in [1.82, 2.24) is 30.2 Å². The van der Waals surface area contributed by atoms with Crippen molar-refractivity contribution >= 4 is 28.8 Å². The molecule has 0 radical (unpaired) electrons. The molecule has 2 aliphatic heterocycles. The van der Waals surface area contributed by atoms with Crippen LogP contribution < -0.4 is 10.2 Å². The van der Waals surface area contributed by atoms with Crippen LogP contribution in [0.4, 0.5) is 5.82 Å². The molecule has 188 valence electrons. The maximum Gasteiger partial charge on any atom is 0.254 e. The van der Waals surface area contributed by atoms with Crippen molar-refractivity contribution in [2.75, 3.05) is 31.1 Å². The van der Waals surface area contributed by atoms with Crippen molar-refractivity contribution in [3.05, 3.63) is 83.9 Å². The van der Waals surface area contributed by atoms with Gasteiger partial charge in [0.25, 0.3) is 5.91 Å². The Balaban J connectivity index is 1.08. The summed E-state index contributed by atoms with van der Waals surface area (Å²) in [5.74, 6) is 0.932. The lowest BCUT2D eigenvalue weighted by molar-refractivity contribution is -0.125. The number of hydrogen-bond acceptors (Lipinski definition) is 6. The molecule has 6 rings (SSSR count). The number of aromatic amines is 1. The summed E-state index contributed by atoms with van der Waals surface area (Å²) < 4.78 is 0. The predicted octanol–water partition coefficient (Wildman–Crippen LogP) is 3.13. The summed E-state index contributed by atoms with van der Waals surface area (Å²) in [5.41, 5.74) is 4.44. The molecule has 9 heteroatoms. The van der Waals surface area contributed by atoms with Gasteiger partial charge in [-0.3, -0.25) is 9.59 Å². The van der Waals surface area contributed by atoms with Crippen molar-refractivity contribution in [3.63, 3.8) is 0 Å². The van der Waals surface area contributed by atoms with Crippen LogP contribution in [-0.2, 0) is 11.3 Å². The first-order valence-corrected chi connectivity index (χ1v) is 12.8. The molecular weight excluding hydrogens is 466 g/mol. The van der Waals surface area contributed by atoms with Gasteiger partial charge in [0.2, 0.25) is 5.91 Å². The third kappa shape index (κ3) is 4.64. The summed E-state index contributed by atoms with van der Waals surface area (Å²) in [5, 5.41) is 3.20. The number of amides is 2. The zero-order chi connectivity index (χ0) is 25.2. The second-order valence-electron chi connectivity index (χ2n) is 9.76. The monoisotopic (exact) mass is 495 g/mol. The SMILES string of the molecule is O=C(NC[C@@H](CN1Cc2ccccc2C1=O)c1ccccc1)C1CCN(c2ncnc3nc[nH]c23)CC1. The highest BCUT2D eigenvalue weighted by Crippen LogP contribution is 2.28. The lowest BCUT2D eigenvalue weighted by Gasteiger charge is -2.32. The Morgan fingerprint density at radius 2 is 1.81 bits per heavy atom. The van der Waals surface area contributed by atoms with Crippen LogP contribution in [0, 0.1) is 5.92 Å². The number of piperidine rings is 1. The van der Waals surface area contributed by atoms with E-state index in [4.69, 9.17) is 0 Å². The van der Waals surface area contributed by atoms with E-state index in [1.165, 1.54) is 6.33 Å². The molecule has 0 aliphatic carbocycles. The molecule has 2 amide bonds. The van der Waals surface area contributed by atoms with Gasteiger partial charge in [-0.15, -0.1) is 0 Å². The van der Waals surface area contributed by atoms with Gasteiger partial charge < -0.3 is 20.1 Å². The minimum atomic E-state index is -0.0514. The van der Waals surface area contributed by atoms with E-state index in [1.807, 2.05) is 47.4 Å². The average Bonchev–Trinajstić information content (AvgIpc) is 3.56. The number of benzene rings is 2. The molecule has 2 N–H and O–H groups in total. The Morgan fingerprint density at radius 3 is 2.62 bits per heavy atom. The van der Waals surface area contributed by atoms with Gasteiger partial charge in [0.1, 0.15) is 11.8 Å². The Kier molecular flexibility index (Phi) is 6.26. The van der Waals surface area contributed by atoms with Crippen LogP contribution >= 0.6 is 0 Å². The summed E-state index contributed by atoms with van der Waals surface area (Å²) in [6.07, 6.45) is 4.66. The number of H-pyrrole nitrogens is 1. The average molecular weight is 496 g/mol. The molecule has 0 saturated carbocycles. The Labute approximate surface area is 214 Å². The first kappa shape index (κ1) is 23.1. The van der Waals surface area contributed by atoms with Gasteiger partial charge >= 0.3 is 0 Å². The highest BCUT2D eigenvalue weighted by molar-refractivity contribution is 5.98. The van der Waals surface area contributed by atoms with Crippen LogP contribution in [-0.4, -0.2) is 62.8 Å². The number of nitrogens with one attached hydrogen (secondary N) is 2. The Morgan fingerprint density at radius 1 is 1.03 bits per heavy atom. The summed E-state index contributed by atoms with van der Waals surface area (Å²) >= 11 is 0. The van der Waals surface area contributed by atoms with Gasteiger partial charge in [0.05, 0.1) is 6.33 Å². The maximum absolute atomic E-state index is 13.2. The van der Waals surface area contributed by atoms with E-state index < -0.39 is 0 Å². The van der Waals surface area contributed by atoms with E-state index in [1.54, 1.807) is 6.33 Å². The molecule has 0 bridgehead atoms. The molecule has 2 aliphatic rings. The Bertz CT molecular complexity index is 1410. The molecule has 1 atom stereocenters. The number of hydrogen-bond donors (Lipinski definition) is 2. The molecule has 0 unspecified atom stereocenters. The summed E-state index contributed by atoms with van der Waals surface area (Å²) in [6.45, 7) is 3.14. The van der Waals surface area contributed by atoms with E-state index in [2.05, 4.69) is 42.3 Å². The molecule has 9 nitrogen and oxygen atoms in total. The molecule has 1 fully saturated rings. The third-order valence-corrected chi connectivity index (χ3v) is 7.50. The van der Waals surface area contributed by atoms with Crippen molar-refractivity contribution in [3.8, 4) is 0 Å². The van der Waals surface area contributed by atoms with Gasteiger partial charge in [0, 0.05) is 50.1 Å². The number of rotatable bonds is 7. The minimum Gasteiger partial charge on any atom is -0.355 e. The quantitative estimate of drug-likeness (QED) is 0.408. The predicted molar refractivity (Wildman–Crippen MR) is 140 cm³/mol. The number of carbonyl (C=O) groups is 2. The third-order valence-electron chi connectivity index (χ3n) is 7.50. The number of imidazole rings is 1. The molecular formula is C28H29N7O2. The van der Waals surface area contributed by atoms with Gasteiger partial charge in [-0.1, -0.05) is 48.5 Å². The minimum absolute atomic E-state index is 0.0122. The zero-order valence-electron chi connectivity index (χ0n) is 20.5. The van der Waals surface area contributed by atoms with Crippen LogP contribution in [0.15, 0.2) is 67.3 Å². The fourth-order valence-corrected chi connectivity index (χ4v) is 5.45. The maximum atomic E-state index is 13.2. The van der Waals surface area contributed by atoms with Gasteiger partial charge in [-0.25, -0.2) is 15.0 Å². The number of aromatic nitrogens is 4. The van der Waals surface area contributed by atoms with Crippen molar-refractivity contribution in [1.29, 1.82) is 0 Å². The topological polar surface area (TPSA) is 107 Å². The smallest absolute Gasteiger partial charge is 0.254 e. The Hall–Kier alpha value is -4.27. The summed E-state index contributed by atoms with van der Waals surface area (Å²) in [4.78, 5) is 46.2. The van der Waals surface area contributed by atoms with E-state index in [0.29, 0.717) is 25.3 Å². The van der Waals surface area contributed by atoms with Crippen LogP contribution in [0.25, 0.3) is 11.2 Å². The zero-order valence-corrected chi connectivity index (χ0v) is 20.5. The lowest BCUT2D eigenvalue weighted by Crippen LogP contribution is -2.43. The molecule has 0 spiro atoms. The van der Waals surface area contributed by atoms with E-state index in [0.717, 1.165) is 54.0 Å². The lowest BCUT2D eigenvalue weighted by atomic mass is 9.94. The normalized spacial score (nSPS) is 16.7. The molecule has 4 heterocycles. The highest BCUT2D eigenvalue weighted by Gasteiger charge is 2.31. The van der Waals surface area contributed by atoms with E-state index in [9.17, 15) is 9.59 Å². The molecule has 2 aromatic heterocycles. The van der Waals surface area contributed by atoms with Gasteiger partial charge in [-0.05, 0) is 30.0 Å². The second kappa shape index (κ2) is 10.0. The second-order valence-corrected chi connectivity index (χ2v) is 9.76. The van der Waals surface area contributed by atoms with Crippen molar-refractivity contribution in [2.45, 2.75) is 25.3 Å². The van der Waals surface area contributed by atoms with Crippen LogP contribution in [0.1, 0.15) is 40.2 Å². The van der Waals surface area contributed by atoms with Gasteiger partial charge in [0.15, 0.2) is 11.5 Å². The highest BCUT2D eigenvalue weighted by atomic mass is 16.2. The molecule has 2 aromatic carbocycles. The first-order valence-electron chi connectivity index (χ1n) is 12.8. The summed E-state index contributed by atoms with van der Waals surface area (Å²) in [7, 11) is 0. The molecule has 37 heavy (non-hydrogen) atoms. The van der Waals surface area contributed by atoms with Crippen LogP contribution in [0.3, 0.4) is 0 Å². The molecule has 4 aromatic rings.